The molecule has 1 aromatic carbocycles. The summed E-state index contributed by atoms with van der Waals surface area (Å²) < 4.78 is 16.6. The average molecular weight is 256 g/mol. The van der Waals surface area contributed by atoms with Crippen molar-refractivity contribution in [2.24, 2.45) is 0 Å². The van der Waals surface area contributed by atoms with E-state index in [0.29, 0.717) is 0 Å². The Labute approximate surface area is 106 Å². The molecule has 0 N–H and O–H groups in total. The van der Waals surface area contributed by atoms with Crippen LogP contribution in [0, 0.1) is 5.82 Å². The number of rotatable bonds is 4. The lowest BCUT2D eigenvalue weighted by Crippen LogP contribution is -3.00. The molecule has 17 heavy (non-hydrogen) atoms. The molecule has 0 radical (unpaired) electrons. The van der Waals surface area contributed by atoms with Gasteiger partial charge in [-0.05, 0) is 24.1 Å². The zero-order valence-electron chi connectivity index (χ0n) is 9.68. The fourth-order valence-electron chi connectivity index (χ4n) is 1.59. The topological polar surface area (TPSA) is 21.7 Å². The lowest BCUT2D eigenvalue weighted by Gasteiger charge is -1.97. The van der Waals surface area contributed by atoms with Gasteiger partial charge in [0.1, 0.15) is 12.4 Å². The Morgan fingerprint density at radius 1 is 1.29 bits per heavy atom. The minimum absolute atomic E-state index is 0. The number of benzene rings is 1. The zero-order chi connectivity index (χ0) is 11.4. The Morgan fingerprint density at radius 3 is 2.65 bits per heavy atom. The summed E-state index contributed by atoms with van der Waals surface area (Å²) in [5, 5.41) is 4.23. The fraction of sp³-hybridized carbons (Fsp3) is 0.333. The predicted molar refractivity (Wildman–Crippen MR) is 58.2 cm³/mol. The highest BCUT2D eigenvalue weighted by Crippen LogP contribution is 2.01. The number of aromatic nitrogens is 3. The maximum absolute atomic E-state index is 12.7. The van der Waals surface area contributed by atoms with Crippen LogP contribution in [0.15, 0.2) is 36.9 Å². The van der Waals surface area contributed by atoms with Gasteiger partial charge in [0.2, 0.25) is 6.33 Å². The van der Waals surface area contributed by atoms with Crippen molar-refractivity contribution < 1.29 is 21.4 Å². The number of hydrogen-bond acceptors (Lipinski definition) is 1. The summed E-state index contributed by atoms with van der Waals surface area (Å²) in [7, 11) is 0. The van der Waals surface area contributed by atoms with Crippen molar-refractivity contribution in [3.8, 4) is 0 Å². The smallest absolute Gasteiger partial charge is 0.265 e. The molecule has 0 saturated heterocycles. The van der Waals surface area contributed by atoms with Gasteiger partial charge in [-0.3, -0.25) is 0 Å². The summed E-state index contributed by atoms with van der Waals surface area (Å²) >= 11 is 0. The molecule has 0 aliphatic carbocycles. The van der Waals surface area contributed by atoms with Crippen LogP contribution in [0.5, 0.6) is 0 Å². The highest BCUT2D eigenvalue weighted by atomic mass is 35.5. The van der Waals surface area contributed by atoms with E-state index in [1.165, 1.54) is 12.1 Å². The van der Waals surface area contributed by atoms with Crippen LogP contribution in [0.3, 0.4) is 0 Å². The first-order chi connectivity index (χ1) is 7.78. The van der Waals surface area contributed by atoms with E-state index in [2.05, 4.69) is 12.0 Å². The van der Waals surface area contributed by atoms with Crippen LogP contribution < -0.4 is 17.0 Å². The molecule has 0 unspecified atom stereocenters. The van der Waals surface area contributed by atoms with Gasteiger partial charge in [0, 0.05) is 5.10 Å². The number of hydrogen-bond donors (Lipinski definition) is 0. The van der Waals surface area contributed by atoms with Crippen molar-refractivity contribution in [2.45, 2.75) is 26.4 Å². The van der Waals surface area contributed by atoms with E-state index in [1.807, 2.05) is 15.6 Å². The first kappa shape index (κ1) is 13.6. The first-order valence-electron chi connectivity index (χ1n) is 5.44. The van der Waals surface area contributed by atoms with Gasteiger partial charge in [0.25, 0.3) is 6.33 Å². The molecule has 0 bridgehead atoms. The Morgan fingerprint density at radius 2 is 2.00 bits per heavy atom. The predicted octanol–water partition coefficient (Wildman–Crippen LogP) is -1.23. The number of nitrogens with zero attached hydrogens (tertiary/aromatic N) is 3. The van der Waals surface area contributed by atoms with Gasteiger partial charge in [-0.2, -0.15) is 0 Å². The summed E-state index contributed by atoms with van der Waals surface area (Å²) in [5.41, 5.74) is 1.07. The fourth-order valence-corrected chi connectivity index (χ4v) is 1.59. The van der Waals surface area contributed by atoms with Crippen LogP contribution >= 0.6 is 0 Å². The molecule has 1 aromatic heterocycles. The quantitative estimate of drug-likeness (QED) is 0.628. The lowest BCUT2D eigenvalue weighted by molar-refractivity contribution is -0.689. The minimum atomic E-state index is -0.199. The van der Waals surface area contributed by atoms with E-state index >= 15 is 0 Å². The summed E-state index contributed by atoms with van der Waals surface area (Å²) in [6.07, 6.45) is 4.82. The molecule has 0 atom stereocenters. The van der Waals surface area contributed by atoms with E-state index < -0.39 is 0 Å². The SMILES string of the molecule is CCCn1c[n+](Cc2ccc(F)cc2)cn1.[Cl-]. The summed E-state index contributed by atoms with van der Waals surface area (Å²) in [5.74, 6) is -0.199. The van der Waals surface area contributed by atoms with Gasteiger partial charge in [-0.15, -0.1) is 4.68 Å². The normalized spacial score (nSPS) is 10.0. The molecule has 2 aromatic rings. The van der Waals surface area contributed by atoms with Gasteiger partial charge in [-0.1, -0.05) is 19.1 Å². The number of aryl methyl sites for hydroxylation is 1. The average Bonchev–Trinajstić information content (AvgIpc) is 2.70. The third-order valence-corrected chi connectivity index (χ3v) is 2.36. The molecule has 0 aliphatic rings. The molecular weight excluding hydrogens is 241 g/mol. The second-order valence-corrected chi connectivity index (χ2v) is 3.81. The highest BCUT2D eigenvalue weighted by Gasteiger charge is 2.05. The van der Waals surface area contributed by atoms with Crippen LogP contribution in [0.1, 0.15) is 18.9 Å². The standard InChI is InChI=1S/C12H15FN3.ClH/c1-2-7-16-10-15(9-14-16)8-11-3-5-12(13)6-4-11;/h3-6,9-10H,2,7-8H2,1H3;1H/q+1;/p-1. The third-order valence-electron chi connectivity index (χ3n) is 2.36. The second-order valence-electron chi connectivity index (χ2n) is 3.81. The van der Waals surface area contributed by atoms with Crippen molar-refractivity contribution in [1.29, 1.82) is 0 Å². The van der Waals surface area contributed by atoms with E-state index in [1.54, 1.807) is 18.5 Å². The minimum Gasteiger partial charge on any atom is -1.00 e. The van der Waals surface area contributed by atoms with Crippen LogP contribution in [-0.2, 0) is 13.1 Å². The molecule has 3 nitrogen and oxygen atoms in total. The van der Waals surface area contributed by atoms with Crippen molar-refractivity contribution in [2.75, 3.05) is 0 Å². The molecule has 0 fully saturated rings. The molecule has 1 heterocycles. The number of halogens is 2. The lowest BCUT2D eigenvalue weighted by atomic mass is 10.2. The van der Waals surface area contributed by atoms with Crippen molar-refractivity contribution in [3.05, 3.63) is 48.3 Å². The van der Waals surface area contributed by atoms with Crippen LogP contribution in [0.4, 0.5) is 4.39 Å². The van der Waals surface area contributed by atoms with E-state index in [0.717, 1.165) is 25.1 Å². The van der Waals surface area contributed by atoms with Crippen molar-refractivity contribution >= 4 is 0 Å². The van der Waals surface area contributed by atoms with Crippen LogP contribution in [0.25, 0.3) is 0 Å². The molecule has 0 saturated carbocycles. The summed E-state index contributed by atoms with van der Waals surface area (Å²) in [4.78, 5) is 0. The van der Waals surface area contributed by atoms with Gasteiger partial charge >= 0.3 is 0 Å². The molecule has 5 heteroatoms. The first-order valence-corrected chi connectivity index (χ1v) is 5.44. The molecule has 0 aliphatic heterocycles. The molecule has 0 amide bonds. The largest absolute Gasteiger partial charge is 1.00 e. The Kier molecular flexibility index (Phi) is 5.10. The van der Waals surface area contributed by atoms with Crippen LogP contribution in [-0.4, -0.2) is 9.78 Å². The second kappa shape index (κ2) is 6.35. The van der Waals surface area contributed by atoms with E-state index in [9.17, 15) is 4.39 Å². The Hall–Kier alpha value is -1.42. The third kappa shape index (κ3) is 3.82. The maximum atomic E-state index is 12.7. The van der Waals surface area contributed by atoms with Gasteiger partial charge < -0.3 is 12.4 Å². The van der Waals surface area contributed by atoms with E-state index in [-0.39, 0.29) is 18.2 Å². The maximum Gasteiger partial charge on any atom is 0.265 e. The summed E-state index contributed by atoms with van der Waals surface area (Å²) in [6.45, 7) is 3.77. The molecular formula is C12H15ClFN3. The summed E-state index contributed by atoms with van der Waals surface area (Å²) in [6, 6.07) is 6.54. The van der Waals surface area contributed by atoms with Gasteiger partial charge in [0.15, 0.2) is 0 Å². The van der Waals surface area contributed by atoms with Crippen LogP contribution in [0.2, 0.25) is 0 Å². The zero-order valence-corrected chi connectivity index (χ0v) is 10.4. The highest BCUT2D eigenvalue weighted by molar-refractivity contribution is 5.14. The molecule has 0 spiro atoms. The van der Waals surface area contributed by atoms with E-state index in [4.69, 9.17) is 0 Å². The molecule has 92 valence electrons. The Balaban J connectivity index is 0.00000144. The van der Waals surface area contributed by atoms with Gasteiger partial charge in [0.05, 0.1) is 6.54 Å². The van der Waals surface area contributed by atoms with Gasteiger partial charge in [-0.25, -0.2) is 8.96 Å². The Bertz CT molecular complexity index is 453. The molecule has 2 rings (SSSR count). The monoisotopic (exact) mass is 255 g/mol. The van der Waals surface area contributed by atoms with Crippen molar-refractivity contribution in [3.63, 3.8) is 0 Å². The van der Waals surface area contributed by atoms with Crippen molar-refractivity contribution in [1.82, 2.24) is 9.78 Å².